The number of hydrogen-bond donors (Lipinski definition) is 1. The molecule has 1 aromatic heterocycles. The van der Waals surface area contributed by atoms with Crippen molar-refractivity contribution in [3.05, 3.63) is 52.5 Å². The maximum absolute atomic E-state index is 13.6. The monoisotopic (exact) mass is 443 g/mol. The molecular formula is C21H22F5N3O2. The predicted molar refractivity (Wildman–Crippen MR) is 102 cm³/mol. The molecule has 0 atom stereocenters. The fraction of sp³-hybridized carbons (Fsp3) is 0.524. The largest absolute Gasteiger partial charge is 0.416 e. The van der Waals surface area contributed by atoms with Gasteiger partial charge in [-0.2, -0.15) is 13.2 Å². The highest BCUT2D eigenvalue weighted by Gasteiger charge is 2.52. The first-order valence-electron chi connectivity index (χ1n) is 9.97. The van der Waals surface area contributed by atoms with Crippen LogP contribution in [0.4, 0.5) is 27.8 Å². The van der Waals surface area contributed by atoms with E-state index in [1.165, 1.54) is 6.07 Å². The third-order valence-electron chi connectivity index (χ3n) is 5.58. The summed E-state index contributed by atoms with van der Waals surface area (Å²) in [5.74, 6) is 0.685. The van der Waals surface area contributed by atoms with Gasteiger partial charge in [0.05, 0.1) is 30.0 Å². The smallest absolute Gasteiger partial charge is 0.365 e. The predicted octanol–water partition coefficient (Wildman–Crippen LogP) is 5.05. The Kier molecular flexibility index (Phi) is 5.87. The molecule has 4 rings (SSSR count). The number of anilines is 1. The van der Waals surface area contributed by atoms with Crippen LogP contribution in [-0.2, 0) is 28.6 Å². The molecule has 0 unspecified atom stereocenters. The number of hydrogen-bond acceptors (Lipinski definition) is 5. The Bertz CT molecular complexity index is 941. The van der Waals surface area contributed by atoms with Gasteiger partial charge in [0.2, 0.25) is 6.43 Å². The average molecular weight is 443 g/mol. The van der Waals surface area contributed by atoms with Crippen molar-refractivity contribution in [2.45, 2.75) is 51.6 Å². The Morgan fingerprint density at radius 3 is 2.48 bits per heavy atom. The lowest BCUT2D eigenvalue weighted by Crippen LogP contribution is -2.21. The molecule has 2 aliphatic rings. The minimum atomic E-state index is -4.45. The summed E-state index contributed by atoms with van der Waals surface area (Å²) in [6.45, 7) is 2.37. The van der Waals surface area contributed by atoms with E-state index in [0.29, 0.717) is 54.5 Å². The van der Waals surface area contributed by atoms with E-state index in [1.807, 2.05) is 0 Å². The van der Waals surface area contributed by atoms with Crippen LogP contribution in [0.15, 0.2) is 24.3 Å². The van der Waals surface area contributed by atoms with Crippen LogP contribution < -0.4 is 5.32 Å². The van der Waals surface area contributed by atoms with E-state index in [9.17, 15) is 22.0 Å². The molecule has 0 radical (unpaired) electrons. The second kappa shape index (κ2) is 8.31. The minimum Gasteiger partial charge on any atom is -0.365 e. The third kappa shape index (κ3) is 4.79. The highest BCUT2D eigenvalue weighted by atomic mass is 19.4. The van der Waals surface area contributed by atoms with Gasteiger partial charge in [-0.3, -0.25) is 0 Å². The van der Waals surface area contributed by atoms with Crippen LogP contribution >= 0.6 is 0 Å². The van der Waals surface area contributed by atoms with Gasteiger partial charge in [-0.05, 0) is 37.5 Å². The summed E-state index contributed by atoms with van der Waals surface area (Å²) in [6, 6.07) is 4.96. The molecule has 2 heterocycles. The molecule has 5 nitrogen and oxygen atoms in total. The van der Waals surface area contributed by atoms with Crippen molar-refractivity contribution in [3.8, 4) is 0 Å². The second-order valence-electron chi connectivity index (χ2n) is 7.94. The molecular weight excluding hydrogens is 421 g/mol. The number of aryl methyl sites for hydroxylation is 1. The molecule has 2 fully saturated rings. The molecule has 0 bridgehead atoms. The van der Waals surface area contributed by atoms with Crippen LogP contribution in [0.5, 0.6) is 0 Å². The summed E-state index contributed by atoms with van der Waals surface area (Å²) >= 11 is 0. The quantitative estimate of drug-likeness (QED) is 0.607. The highest BCUT2D eigenvalue weighted by Crippen LogP contribution is 2.53. The van der Waals surface area contributed by atoms with E-state index in [1.54, 1.807) is 13.0 Å². The molecule has 1 saturated heterocycles. The molecule has 1 saturated carbocycles. The molecule has 31 heavy (non-hydrogen) atoms. The first kappa shape index (κ1) is 21.9. The Balaban J connectivity index is 1.64. The molecule has 168 valence electrons. The highest BCUT2D eigenvalue weighted by molar-refractivity contribution is 5.49. The Hall–Kier alpha value is -2.33. The Morgan fingerprint density at radius 2 is 1.87 bits per heavy atom. The number of ether oxygens (including phenoxy) is 2. The van der Waals surface area contributed by atoms with Crippen molar-refractivity contribution in [2.75, 3.05) is 18.5 Å². The SMILES string of the molecule is Cc1nc(CC2(C(F)F)CC2)c(C2OCCO2)c(NCc2cccc(C(F)(F)F)c2)n1. The van der Waals surface area contributed by atoms with E-state index in [2.05, 4.69) is 15.3 Å². The van der Waals surface area contributed by atoms with Gasteiger partial charge < -0.3 is 14.8 Å². The summed E-state index contributed by atoms with van der Waals surface area (Å²) in [7, 11) is 0. The topological polar surface area (TPSA) is 56.3 Å². The van der Waals surface area contributed by atoms with E-state index < -0.39 is 29.9 Å². The van der Waals surface area contributed by atoms with Gasteiger partial charge in [0.15, 0.2) is 6.29 Å². The summed E-state index contributed by atoms with van der Waals surface area (Å²) in [6.07, 6.45) is -6.85. The molecule has 1 aliphatic carbocycles. The number of nitrogens with zero attached hydrogens (tertiary/aromatic N) is 2. The van der Waals surface area contributed by atoms with Gasteiger partial charge in [0.25, 0.3) is 0 Å². The van der Waals surface area contributed by atoms with Gasteiger partial charge >= 0.3 is 6.18 Å². The first-order chi connectivity index (χ1) is 14.7. The van der Waals surface area contributed by atoms with Crippen LogP contribution in [-0.4, -0.2) is 29.6 Å². The standard InChI is InChI=1S/C21H22F5N3O2/c1-12-28-15(10-20(5-6-20)19(22)23)16(18-30-7-8-31-18)17(29-12)27-11-13-3-2-4-14(9-13)21(24,25)26/h2-4,9,18-19H,5-8,10-11H2,1H3,(H,27,28,29). The summed E-state index contributed by atoms with van der Waals surface area (Å²) in [4.78, 5) is 8.76. The number of rotatable bonds is 7. The Morgan fingerprint density at radius 1 is 1.16 bits per heavy atom. The van der Waals surface area contributed by atoms with Crippen molar-refractivity contribution in [2.24, 2.45) is 5.41 Å². The van der Waals surface area contributed by atoms with Crippen molar-refractivity contribution in [1.29, 1.82) is 0 Å². The van der Waals surface area contributed by atoms with Crippen molar-refractivity contribution in [1.82, 2.24) is 9.97 Å². The lowest BCUT2D eigenvalue weighted by molar-refractivity contribution is -0.137. The maximum Gasteiger partial charge on any atom is 0.416 e. The van der Waals surface area contributed by atoms with Crippen molar-refractivity contribution >= 4 is 5.82 Å². The van der Waals surface area contributed by atoms with Crippen molar-refractivity contribution in [3.63, 3.8) is 0 Å². The molecule has 2 aromatic rings. The average Bonchev–Trinajstić information content (AvgIpc) is 3.29. The maximum atomic E-state index is 13.6. The van der Waals surface area contributed by atoms with Crippen LogP contribution in [0.3, 0.4) is 0 Å². The number of aromatic nitrogens is 2. The summed E-state index contributed by atoms with van der Waals surface area (Å²) in [5.41, 5.74) is -0.600. The number of benzene rings is 1. The van der Waals surface area contributed by atoms with Gasteiger partial charge in [0, 0.05) is 18.4 Å². The minimum absolute atomic E-state index is 0.0551. The zero-order chi connectivity index (χ0) is 22.2. The zero-order valence-corrected chi connectivity index (χ0v) is 16.8. The van der Waals surface area contributed by atoms with Gasteiger partial charge in [-0.1, -0.05) is 12.1 Å². The normalized spacial score (nSPS) is 18.5. The van der Waals surface area contributed by atoms with E-state index >= 15 is 0 Å². The van der Waals surface area contributed by atoms with Gasteiger partial charge in [-0.15, -0.1) is 0 Å². The third-order valence-corrected chi connectivity index (χ3v) is 5.58. The van der Waals surface area contributed by atoms with Gasteiger partial charge in [0.1, 0.15) is 11.6 Å². The fourth-order valence-corrected chi connectivity index (χ4v) is 3.69. The number of nitrogens with one attached hydrogen (secondary N) is 1. The summed E-state index contributed by atoms with van der Waals surface area (Å²) < 4.78 is 77.3. The van der Waals surface area contributed by atoms with Crippen LogP contribution in [0.1, 0.15) is 47.3 Å². The fourth-order valence-electron chi connectivity index (χ4n) is 3.69. The Labute approximate surface area is 176 Å². The first-order valence-corrected chi connectivity index (χ1v) is 9.97. The number of halogens is 5. The molecule has 1 aromatic carbocycles. The molecule has 10 heteroatoms. The van der Waals surface area contributed by atoms with E-state index in [4.69, 9.17) is 9.47 Å². The molecule has 0 amide bonds. The zero-order valence-electron chi connectivity index (χ0n) is 16.8. The number of alkyl halides is 5. The summed E-state index contributed by atoms with van der Waals surface area (Å²) in [5, 5.41) is 3.04. The van der Waals surface area contributed by atoms with Gasteiger partial charge in [-0.25, -0.2) is 18.7 Å². The van der Waals surface area contributed by atoms with Crippen LogP contribution in [0.25, 0.3) is 0 Å². The van der Waals surface area contributed by atoms with E-state index in [-0.39, 0.29) is 13.0 Å². The lowest BCUT2D eigenvalue weighted by atomic mass is 9.97. The molecule has 1 N–H and O–H groups in total. The van der Waals surface area contributed by atoms with Crippen LogP contribution in [0.2, 0.25) is 0 Å². The van der Waals surface area contributed by atoms with Crippen LogP contribution in [0, 0.1) is 12.3 Å². The molecule has 0 spiro atoms. The lowest BCUT2D eigenvalue weighted by Gasteiger charge is -2.22. The van der Waals surface area contributed by atoms with E-state index in [0.717, 1.165) is 12.1 Å². The second-order valence-corrected chi connectivity index (χ2v) is 7.94. The van der Waals surface area contributed by atoms with Crippen molar-refractivity contribution < 1.29 is 31.4 Å². The molecule has 1 aliphatic heterocycles.